The number of thioether (sulfide) groups is 1. The lowest BCUT2D eigenvalue weighted by atomic mass is 10.00. The zero-order valence-corrected chi connectivity index (χ0v) is 24.0. The first-order valence-electron chi connectivity index (χ1n) is 12.8. The number of carbonyl (C=O) groups excluding carboxylic acids is 3. The van der Waals surface area contributed by atoms with Gasteiger partial charge in [0, 0.05) is 18.1 Å². The number of rotatable bonds is 8. The molecule has 0 saturated carbocycles. The molecule has 1 fully saturated rings. The number of imide groups is 1. The number of nitrogens with zero attached hydrogens (tertiary/aromatic N) is 2. The molecule has 0 aliphatic carbocycles. The van der Waals surface area contributed by atoms with Crippen molar-refractivity contribution in [3.63, 3.8) is 0 Å². The van der Waals surface area contributed by atoms with Crippen LogP contribution in [-0.4, -0.2) is 46.5 Å². The van der Waals surface area contributed by atoms with Crippen LogP contribution in [-0.2, 0) is 29.2 Å². The Morgan fingerprint density at radius 3 is 2.52 bits per heavy atom. The first-order valence-corrected chi connectivity index (χ1v) is 14.3. The van der Waals surface area contributed by atoms with E-state index in [1.165, 1.54) is 5.56 Å². The molecular formula is C30H26Cl2N2O5S. The summed E-state index contributed by atoms with van der Waals surface area (Å²) in [7, 11) is 0. The van der Waals surface area contributed by atoms with E-state index < -0.39 is 11.1 Å². The van der Waals surface area contributed by atoms with Gasteiger partial charge in [0.2, 0.25) is 5.91 Å². The topological polar surface area (TPSA) is 76.2 Å². The Bertz CT molecular complexity index is 1490. The second-order valence-electron chi connectivity index (χ2n) is 9.28. The number of hydrogen-bond acceptors (Lipinski definition) is 6. The normalized spacial score (nSPS) is 15.9. The molecule has 2 aliphatic rings. The fourth-order valence-corrected chi connectivity index (χ4v) is 5.78. The zero-order chi connectivity index (χ0) is 28.2. The predicted molar refractivity (Wildman–Crippen MR) is 157 cm³/mol. The maximum Gasteiger partial charge on any atom is 0.294 e. The lowest BCUT2D eigenvalue weighted by molar-refractivity contribution is -0.136. The standard InChI is InChI=1S/C30H26Cl2N2O5S/c1-2-38-25-14-20(13-24(32)28(25)39-18-19-7-9-23(31)10-8-19)15-26-29(36)34(30(37)40-26)17-27(35)33-12-11-21-5-3-4-6-22(21)16-33/h3-10,13-15H,2,11-12,16-18H2,1H3/b26-15+. The highest BCUT2D eigenvalue weighted by atomic mass is 35.5. The number of halogens is 2. The molecule has 2 heterocycles. The molecule has 0 aromatic heterocycles. The fraction of sp³-hybridized carbons (Fsp3) is 0.233. The van der Waals surface area contributed by atoms with Gasteiger partial charge in [-0.25, -0.2) is 0 Å². The van der Waals surface area contributed by atoms with Gasteiger partial charge in [-0.3, -0.25) is 19.3 Å². The number of benzene rings is 3. The minimum absolute atomic E-state index is 0.204. The van der Waals surface area contributed by atoms with E-state index in [9.17, 15) is 14.4 Å². The number of fused-ring (bicyclic) bond motifs is 1. The van der Waals surface area contributed by atoms with Gasteiger partial charge >= 0.3 is 0 Å². The molecule has 0 spiro atoms. The van der Waals surface area contributed by atoms with Crippen molar-refractivity contribution in [1.82, 2.24) is 9.80 Å². The Balaban J connectivity index is 1.29. The minimum atomic E-state index is -0.516. The summed E-state index contributed by atoms with van der Waals surface area (Å²) in [6.07, 6.45) is 2.32. The Hall–Kier alpha value is -3.46. The SMILES string of the molecule is CCOc1cc(/C=C2/SC(=O)N(CC(=O)N3CCc4ccccc4C3)C2=O)cc(Cl)c1OCc1ccc(Cl)cc1. The summed E-state index contributed by atoms with van der Waals surface area (Å²) in [5.41, 5.74) is 3.77. The van der Waals surface area contributed by atoms with Crippen LogP contribution < -0.4 is 9.47 Å². The second kappa shape index (κ2) is 12.4. The van der Waals surface area contributed by atoms with Crippen molar-refractivity contribution in [3.8, 4) is 11.5 Å². The lowest BCUT2D eigenvalue weighted by Crippen LogP contribution is -2.44. The molecule has 1 saturated heterocycles. The van der Waals surface area contributed by atoms with Crippen LogP contribution >= 0.6 is 35.0 Å². The number of hydrogen-bond donors (Lipinski definition) is 0. The van der Waals surface area contributed by atoms with Crippen LogP contribution in [0.4, 0.5) is 4.79 Å². The third-order valence-corrected chi connectivity index (χ3v) is 8.02. The molecule has 3 aromatic rings. The molecule has 40 heavy (non-hydrogen) atoms. The van der Waals surface area contributed by atoms with Crippen LogP contribution in [0.2, 0.25) is 10.0 Å². The van der Waals surface area contributed by atoms with E-state index >= 15 is 0 Å². The second-order valence-corrected chi connectivity index (χ2v) is 11.1. The predicted octanol–water partition coefficient (Wildman–Crippen LogP) is 6.59. The minimum Gasteiger partial charge on any atom is -0.490 e. The highest BCUT2D eigenvalue weighted by Gasteiger charge is 2.37. The van der Waals surface area contributed by atoms with Crippen LogP contribution in [0.25, 0.3) is 6.08 Å². The molecule has 7 nitrogen and oxygen atoms in total. The van der Waals surface area contributed by atoms with Crippen molar-refractivity contribution in [2.45, 2.75) is 26.5 Å². The third kappa shape index (κ3) is 6.30. The monoisotopic (exact) mass is 596 g/mol. The van der Waals surface area contributed by atoms with Gasteiger partial charge < -0.3 is 14.4 Å². The molecule has 0 unspecified atom stereocenters. The van der Waals surface area contributed by atoms with Crippen molar-refractivity contribution >= 4 is 58.1 Å². The summed E-state index contributed by atoms with van der Waals surface area (Å²) in [4.78, 5) is 41.7. The summed E-state index contributed by atoms with van der Waals surface area (Å²) < 4.78 is 11.7. The van der Waals surface area contributed by atoms with Crippen LogP contribution in [0.15, 0.2) is 65.6 Å². The van der Waals surface area contributed by atoms with Crippen LogP contribution in [0, 0.1) is 0 Å². The summed E-state index contributed by atoms with van der Waals surface area (Å²) >= 11 is 13.3. The summed E-state index contributed by atoms with van der Waals surface area (Å²) in [6.45, 7) is 3.18. The molecule has 2 aliphatic heterocycles. The van der Waals surface area contributed by atoms with Gasteiger partial charge in [0.15, 0.2) is 11.5 Å². The summed E-state index contributed by atoms with van der Waals surface area (Å²) in [5, 5.41) is 0.444. The van der Waals surface area contributed by atoms with Gasteiger partial charge in [-0.2, -0.15) is 0 Å². The van der Waals surface area contributed by atoms with Gasteiger partial charge in [-0.15, -0.1) is 0 Å². The molecular weight excluding hydrogens is 571 g/mol. The molecule has 5 rings (SSSR count). The van der Waals surface area contributed by atoms with E-state index in [1.54, 1.807) is 35.2 Å². The van der Waals surface area contributed by atoms with Crippen molar-refractivity contribution < 1.29 is 23.9 Å². The van der Waals surface area contributed by atoms with Crippen molar-refractivity contribution in [1.29, 1.82) is 0 Å². The molecule has 3 amide bonds. The average Bonchev–Trinajstić information content (AvgIpc) is 3.20. The molecule has 0 atom stereocenters. The highest BCUT2D eigenvalue weighted by Crippen LogP contribution is 2.39. The Labute approximate surface area is 246 Å². The van der Waals surface area contributed by atoms with Gasteiger partial charge in [0.05, 0.1) is 16.5 Å². The Morgan fingerprint density at radius 1 is 1.02 bits per heavy atom. The summed E-state index contributed by atoms with van der Waals surface area (Å²) in [6, 6.07) is 18.6. The largest absolute Gasteiger partial charge is 0.490 e. The molecule has 206 valence electrons. The van der Waals surface area contributed by atoms with Gasteiger partial charge in [0.1, 0.15) is 13.2 Å². The van der Waals surface area contributed by atoms with E-state index in [0.29, 0.717) is 46.8 Å². The van der Waals surface area contributed by atoms with Gasteiger partial charge in [0.25, 0.3) is 11.1 Å². The zero-order valence-electron chi connectivity index (χ0n) is 21.7. The van der Waals surface area contributed by atoms with E-state index in [1.807, 2.05) is 37.3 Å². The lowest BCUT2D eigenvalue weighted by Gasteiger charge is -2.29. The number of carbonyl (C=O) groups is 3. The third-order valence-electron chi connectivity index (χ3n) is 6.58. The number of ether oxygens (including phenoxy) is 2. The Kier molecular flexibility index (Phi) is 8.69. The van der Waals surface area contributed by atoms with E-state index in [-0.39, 0.29) is 24.0 Å². The van der Waals surface area contributed by atoms with Crippen LogP contribution in [0.5, 0.6) is 11.5 Å². The van der Waals surface area contributed by atoms with Gasteiger partial charge in [-0.05, 0) is 77.7 Å². The summed E-state index contributed by atoms with van der Waals surface area (Å²) in [5.74, 6) is 0.00671. The van der Waals surface area contributed by atoms with Crippen molar-refractivity contribution in [2.75, 3.05) is 19.7 Å². The van der Waals surface area contributed by atoms with E-state index in [2.05, 4.69) is 6.07 Å². The molecule has 3 aromatic carbocycles. The van der Waals surface area contributed by atoms with Gasteiger partial charge in [-0.1, -0.05) is 59.6 Å². The maximum absolute atomic E-state index is 13.1. The molecule has 0 bridgehead atoms. The van der Waals surface area contributed by atoms with Crippen LogP contribution in [0.1, 0.15) is 29.2 Å². The number of amides is 3. The molecule has 10 heteroatoms. The van der Waals surface area contributed by atoms with E-state index in [4.69, 9.17) is 32.7 Å². The fourth-order valence-electron chi connectivity index (χ4n) is 4.54. The highest BCUT2D eigenvalue weighted by molar-refractivity contribution is 8.18. The average molecular weight is 598 g/mol. The first-order chi connectivity index (χ1) is 19.3. The van der Waals surface area contributed by atoms with E-state index in [0.717, 1.165) is 34.2 Å². The molecule has 0 N–H and O–H groups in total. The smallest absolute Gasteiger partial charge is 0.294 e. The van der Waals surface area contributed by atoms with Crippen molar-refractivity contribution in [3.05, 3.63) is 97.9 Å². The maximum atomic E-state index is 13.1. The Morgan fingerprint density at radius 2 is 1.77 bits per heavy atom. The first kappa shape index (κ1) is 28.1. The van der Waals surface area contributed by atoms with Crippen LogP contribution in [0.3, 0.4) is 0 Å². The van der Waals surface area contributed by atoms with Crippen molar-refractivity contribution in [2.24, 2.45) is 0 Å². The molecule has 0 radical (unpaired) electrons. The quantitative estimate of drug-likeness (QED) is 0.273.